The highest BCUT2D eigenvalue weighted by Gasteiger charge is 2.11. The molecule has 5 heteroatoms. The molecule has 1 amide bonds. The summed E-state index contributed by atoms with van der Waals surface area (Å²) in [7, 11) is 0. The van der Waals surface area contributed by atoms with Crippen molar-refractivity contribution in [3.63, 3.8) is 0 Å². The average molecular weight is 290 g/mol. The fourth-order valence-electron chi connectivity index (χ4n) is 1.81. The Morgan fingerprint density at radius 3 is 2.55 bits per heavy atom. The summed E-state index contributed by atoms with van der Waals surface area (Å²) in [5.74, 6) is -0.135. The van der Waals surface area contributed by atoms with Gasteiger partial charge in [-0.25, -0.2) is 0 Å². The summed E-state index contributed by atoms with van der Waals surface area (Å²) in [6, 6.07) is 12.4. The van der Waals surface area contributed by atoms with Gasteiger partial charge in [-0.1, -0.05) is 11.6 Å². The van der Waals surface area contributed by atoms with E-state index in [1.807, 2.05) is 19.1 Å². The second-order valence-corrected chi connectivity index (χ2v) is 4.73. The van der Waals surface area contributed by atoms with Crippen LogP contribution in [-0.4, -0.2) is 12.5 Å². The number of nitrogens with one attached hydrogen (secondary N) is 2. The van der Waals surface area contributed by atoms with E-state index >= 15 is 0 Å². The van der Waals surface area contributed by atoms with Crippen LogP contribution in [0.4, 0.5) is 17.1 Å². The second-order valence-electron chi connectivity index (χ2n) is 4.30. The highest BCUT2D eigenvalue weighted by Crippen LogP contribution is 2.24. The fourth-order valence-corrected chi connectivity index (χ4v) is 1.93. The standard InChI is InChI=1S/C15H16ClN3O/c1-2-18-15(20)13-8-5-11(17)9-14(13)19-12-6-3-10(16)4-7-12/h3-9,19H,2,17H2,1H3,(H,18,20). The van der Waals surface area contributed by atoms with Gasteiger partial charge in [-0.3, -0.25) is 4.79 Å². The number of hydrogen-bond donors (Lipinski definition) is 3. The molecule has 104 valence electrons. The van der Waals surface area contributed by atoms with Crippen molar-refractivity contribution in [2.45, 2.75) is 6.92 Å². The zero-order chi connectivity index (χ0) is 14.5. The Morgan fingerprint density at radius 2 is 1.90 bits per heavy atom. The van der Waals surface area contributed by atoms with Crippen LogP contribution in [0.3, 0.4) is 0 Å². The molecule has 0 fully saturated rings. The summed E-state index contributed by atoms with van der Waals surface area (Å²) < 4.78 is 0. The molecule has 4 nitrogen and oxygen atoms in total. The van der Waals surface area contributed by atoms with Crippen LogP contribution in [0.2, 0.25) is 5.02 Å². The summed E-state index contributed by atoms with van der Waals surface area (Å²) in [5, 5.41) is 6.62. The number of amides is 1. The molecular formula is C15H16ClN3O. The van der Waals surface area contributed by atoms with Crippen molar-refractivity contribution in [2.75, 3.05) is 17.6 Å². The Hall–Kier alpha value is -2.20. The molecule has 0 aromatic heterocycles. The van der Waals surface area contributed by atoms with Crippen molar-refractivity contribution < 1.29 is 4.79 Å². The third-order valence-corrected chi connectivity index (χ3v) is 3.00. The molecule has 2 rings (SSSR count). The number of rotatable bonds is 4. The van der Waals surface area contributed by atoms with Gasteiger partial charge in [-0.05, 0) is 49.4 Å². The normalized spacial score (nSPS) is 10.1. The van der Waals surface area contributed by atoms with Crippen LogP contribution in [0.1, 0.15) is 17.3 Å². The van der Waals surface area contributed by atoms with Gasteiger partial charge in [0.25, 0.3) is 5.91 Å². The predicted octanol–water partition coefficient (Wildman–Crippen LogP) is 3.42. The first kappa shape index (κ1) is 14.2. The topological polar surface area (TPSA) is 67.2 Å². The number of anilines is 3. The number of nitrogens with two attached hydrogens (primary N) is 1. The van der Waals surface area contributed by atoms with E-state index in [0.29, 0.717) is 28.5 Å². The third-order valence-electron chi connectivity index (χ3n) is 2.75. The van der Waals surface area contributed by atoms with Crippen molar-refractivity contribution in [3.8, 4) is 0 Å². The molecule has 0 bridgehead atoms. The lowest BCUT2D eigenvalue weighted by atomic mass is 10.1. The van der Waals surface area contributed by atoms with Gasteiger partial charge in [0.1, 0.15) is 0 Å². The van der Waals surface area contributed by atoms with Crippen LogP contribution in [0.15, 0.2) is 42.5 Å². The molecule has 4 N–H and O–H groups in total. The van der Waals surface area contributed by atoms with Crippen LogP contribution >= 0.6 is 11.6 Å². The van der Waals surface area contributed by atoms with E-state index < -0.39 is 0 Å². The van der Waals surface area contributed by atoms with Crippen LogP contribution < -0.4 is 16.4 Å². The van der Waals surface area contributed by atoms with E-state index in [1.54, 1.807) is 30.3 Å². The Balaban J connectivity index is 2.31. The van der Waals surface area contributed by atoms with E-state index in [0.717, 1.165) is 5.69 Å². The van der Waals surface area contributed by atoms with E-state index in [1.165, 1.54) is 0 Å². The lowest BCUT2D eigenvalue weighted by Gasteiger charge is -2.12. The van der Waals surface area contributed by atoms with E-state index in [9.17, 15) is 4.79 Å². The lowest BCUT2D eigenvalue weighted by Crippen LogP contribution is -2.23. The minimum atomic E-state index is -0.135. The summed E-state index contributed by atoms with van der Waals surface area (Å²) in [6.45, 7) is 2.45. The number of carbonyl (C=O) groups is 1. The Kier molecular flexibility index (Phi) is 4.48. The molecule has 0 aliphatic heterocycles. The number of halogens is 1. The highest BCUT2D eigenvalue weighted by atomic mass is 35.5. The first-order valence-corrected chi connectivity index (χ1v) is 6.68. The van der Waals surface area contributed by atoms with Gasteiger partial charge >= 0.3 is 0 Å². The van der Waals surface area contributed by atoms with Crippen molar-refractivity contribution in [3.05, 3.63) is 53.1 Å². The van der Waals surface area contributed by atoms with Gasteiger partial charge in [0.05, 0.1) is 11.3 Å². The zero-order valence-electron chi connectivity index (χ0n) is 11.1. The maximum absolute atomic E-state index is 12.0. The largest absolute Gasteiger partial charge is 0.399 e. The average Bonchev–Trinajstić information content (AvgIpc) is 2.42. The SMILES string of the molecule is CCNC(=O)c1ccc(N)cc1Nc1ccc(Cl)cc1. The Labute approximate surface area is 122 Å². The molecule has 0 heterocycles. The highest BCUT2D eigenvalue weighted by molar-refractivity contribution is 6.30. The molecule has 0 spiro atoms. The summed E-state index contributed by atoms with van der Waals surface area (Å²) in [6.07, 6.45) is 0. The smallest absolute Gasteiger partial charge is 0.253 e. The van der Waals surface area contributed by atoms with Crippen LogP contribution in [-0.2, 0) is 0 Å². The van der Waals surface area contributed by atoms with Gasteiger partial charge in [-0.15, -0.1) is 0 Å². The molecule has 0 aliphatic carbocycles. The molecule has 20 heavy (non-hydrogen) atoms. The maximum atomic E-state index is 12.0. The van der Waals surface area contributed by atoms with Gasteiger partial charge in [0, 0.05) is 22.9 Å². The van der Waals surface area contributed by atoms with Crippen molar-refractivity contribution in [2.24, 2.45) is 0 Å². The molecule has 0 atom stereocenters. The molecule has 0 saturated carbocycles. The van der Waals surface area contributed by atoms with Gasteiger partial charge in [-0.2, -0.15) is 0 Å². The minimum absolute atomic E-state index is 0.135. The van der Waals surface area contributed by atoms with E-state index in [-0.39, 0.29) is 5.91 Å². The van der Waals surface area contributed by atoms with E-state index in [4.69, 9.17) is 17.3 Å². The summed E-state index contributed by atoms with van der Waals surface area (Å²) in [5.41, 5.74) is 8.43. The molecule has 0 saturated heterocycles. The second kappa shape index (κ2) is 6.30. The van der Waals surface area contributed by atoms with Crippen molar-refractivity contribution >= 4 is 34.6 Å². The van der Waals surface area contributed by atoms with E-state index in [2.05, 4.69) is 10.6 Å². The lowest BCUT2D eigenvalue weighted by molar-refractivity contribution is 0.0956. The Bertz CT molecular complexity index is 611. The predicted molar refractivity (Wildman–Crippen MR) is 83.6 cm³/mol. The van der Waals surface area contributed by atoms with Gasteiger partial charge in [0.2, 0.25) is 0 Å². The first-order chi connectivity index (χ1) is 9.60. The van der Waals surface area contributed by atoms with Crippen LogP contribution in [0.25, 0.3) is 0 Å². The molecule has 0 unspecified atom stereocenters. The zero-order valence-corrected chi connectivity index (χ0v) is 11.9. The molecule has 0 radical (unpaired) electrons. The number of hydrogen-bond acceptors (Lipinski definition) is 3. The quantitative estimate of drug-likeness (QED) is 0.756. The fraction of sp³-hybridized carbons (Fsp3) is 0.133. The van der Waals surface area contributed by atoms with Crippen LogP contribution in [0.5, 0.6) is 0 Å². The molecule has 2 aromatic carbocycles. The molecular weight excluding hydrogens is 274 g/mol. The number of carbonyl (C=O) groups excluding carboxylic acids is 1. The minimum Gasteiger partial charge on any atom is -0.399 e. The summed E-state index contributed by atoms with van der Waals surface area (Å²) in [4.78, 5) is 12.0. The maximum Gasteiger partial charge on any atom is 0.253 e. The monoisotopic (exact) mass is 289 g/mol. The third kappa shape index (κ3) is 3.42. The van der Waals surface area contributed by atoms with Crippen molar-refractivity contribution in [1.82, 2.24) is 5.32 Å². The Morgan fingerprint density at radius 1 is 1.20 bits per heavy atom. The van der Waals surface area contributed by atoms with Crippen LogP contribution in [0, 0.1) is 0 Å². The van der Waals surface area contributed by atoms with Gasteiger partial charge < -0.3 is 16.4 Å². The number of benzene rings is 2. The summed E-state index contributed by atoms with van der Waals surface area (Å²) >= 11 is 5.85. The first-order valence-electron chi connectivity index (χ1n) is 6.30. The van der Waals surface area contributed by atoms with Crippen molar-refractivity contribution in [1.29, 1.82) is 0 Å². The van der Waals surface area contributed by atoms with Gasteiger partial charge in [0.15, 0.2) is 0 Å². The number of nitrogen functional groups attached to an aromatic ring is 1. The molecule has 2 aromatic rings. The molecule has 0 aliphatic rings.